The molecule has 2 heterocycles. The summed E-state index contributed by atoms with van der Waals surface area (Å²) in [7, 11) is -3.07. The minimum absolute atomic E-state index is 0.0682. The predicted octanol–water partition coefficient (Wildman–Crippen LogP) is 1.11. The molecule has 1 aromatic rings. The second-order valence-corrected chi connectivity index (χ2v) is 7.64. The number of rotatable bonds is 5. The number of sulfone groups is 1. The highest BCUT2D eigenvalue weighted by Crippen LogP contribution is 2.24. The van der Waals surface area contributed by atoms with Crippen LogP contribution in [0.1, 0.15) is 18.3 Å². The number of hydrogen-bond acceptors (Lipinski definition) is 4. The second-order valence-electron chi connectivity index (χ2n) is 4.74. The van der Waals surface area contributed by atoms with E-state index >= 15 is 0 Å². The maximum Gasteiger partial charge on any atom is 0.156 e. The van der Waals surface area contributed by atoms with E-state index in [2.05, 4.69) is 26.3 Å². The number of halogens is 1. The average molecular weight is 336 g/mol. The van der Waals surface area contributed by atoms with Gasteiger partial charge in [-0.25, -0.2) is 8.42 Å². The summed E-state index contributed by atoms with van der Waals surface area (Å²) in [6.45, 7) is 6.15. The first-order valence-electron chi connectivity index (χ1n) is 6.06. The Hall–Kier alpha value is -0.400. The Kier molecular flexibility index (Phi) is 4.13. The molecule has 18 heavy (non-hydrogen) atoms. The molecule has 102 valence electrons. The fourth-order valence-corrected chi connectivity index (χ4v) is 4.49. The molecule has 1 aliphatic rings. The summed E-state index contributed by atoms with van der Waals surface area (Å²) in [5.41, 5.74) is 1.61. The third kappa shape index (κ3) is 2.95. The first kappa shape index (κ1) is 14.0. The van der Waals surface area contributed by atoms with E-state index in [1.165, 1.54) is 0 Å². The molecule has 1 fully saturated rings. The zero-order valence-corrected chi connectivity index (χ0v) is 13.0. The molecule has 1 saturated heterocycles. The fraction of sp³-hybridized carbons (Fsp3) is 0.727. The highest BCUT2D eigenvalue weighted by atomic mass is 79.9. The summed E-state index contributed by atoms with van der Waals surface area (Å²) in [5, 5.41) is 7.41. The average Bonchev–Trinajstić information content (AvgIpc) is 2.51. The maximum atomic E-state index is 12.1. The van der Waals surface area contributed by atoms with Crippen molar-refractivity contribution in [3.05, 3.63) is 15.9 Å². The molecule has 0 saturated carbocycles. The van der Waals surface area contributed by atoms with Crippen molar-refractivity contribution in [3.63, 3.8) is 0 Å². The molecule has 7 heteroatoms. The van der Waals surface area contributed by atoms with Crippen LogP contribution in [0, 0.1) is 12.8 Å². The quantitative estimate of drug-likeness (QED) is 0.875. The normalized spacial score (nSPS) is 16.8. The van der Waals surface area contributed by atoms with Crippen LogP contribution in [0.2, 0.25) is 0 Å². The van der Waals surface area contributed by atoms with Crippen molar-refractivity contribution in [2.45, 2.75) is 26.1 Å². The molecule has 0 radical (unpaired) electrons. The number of aromatic nitrogens is 2. The summed E-state index contributed by atoms with van der Waals surface area (Å²) in [6, 6.07) is 0. The van der Waals surface area contributed by atoms with E-state index in [0.717, 1.165) is 29.0 Å². The van der Waals surface area contributed by atoms with Crippen LogP contribution in [0.4, 0.5) is 0 Å². The van der Waals surface area contributed by atoms with Crippen molar-refractivity contribution in [2.75, 3.05) is 18.8 Å². The van der Waals surface area contributed by atoms with Crippen molar-refractivity contribution in [3.8, 4) is 0 Å². The molecule has 1 aromatic heterocycles. The molecular weight excluding hydrogens is 318 g/mol. The van der Waals surface area contributed by atoms with E-state index in [1.807, 2.05) is 13.8 Å². The van der Waals surface area contributed by atoms with Gasteiger partial charge in [0.25, 0.3) is 0 Å². The van der Waals surface area contributed by atoms with Gasteiger partial charge in [-0.05, 0) is 35.7 Å². The van der Waals surface area contributed by atoms with Crippen LogP contribution in [-0.4, -0.2) is 37.0 Å². The van der Waals surface area contributed by atoms with Crippen LogP contribution in [-0.2, 0) is 22.1 Å². The van der Waals surface area contributed by atoms with E-state index in [-0.39, 0.29) is 17.4 Å². The van der Waals surface area contributed by atoms with E-state index in [4.69, 9.17) is 0 Å². The summed E-state index contributed by atoms with van der Waals surface area (Å²) in [5.74, 6) is 0.604. The lowest BCUT2D eigenvalue weighted by Crippen LogP contribution is -2.45. The molecule has 0 amide bonds. The van der Waals surface area contributed by atoms with Crippen LogP contribution in [0.5, 0.6) is 0 Å². The van der Waals surface area contributed by atoms with Gasteiger partial charge in [-0.1, -0.05) is 0 Å². The van der Waals surface area contributed by atoms with E-state index in [9.17, 15) is 8.42 Å². The van der Waals surface area contributed by atoms with Gasteiger partial charge in [0.15, 0.2) is 9.84 Å². The lowest BCUT2D eigenvalue weighted by atomic mass is 10.1. The largest absolute Gasteiger partial charge is 0.316 e. The Labute approximate surface area is 116 Å². The molecule has 5 nitrogen and oxygen atoms in total. The maximum absolute atomic E-state index is 12.1. The molecule has 0 aliphatic carbocycles. The predicted molar refractivity (Wildman–Crippen MR) is 74.2 cm³/mol. The van der Waals surface area contributed by atoms with Gasteiger partial charge < -0.3 is 5.32 Å². The SMILES string of the molecule is CCn1nc(C)c(Br)c1CS(=O)(=O)CC1CNC1. The highest BCUT2D eigenvalue weighted by Gasteiger charge is 2.26. The van der Waals surface area contributed by atoms with E-state index < -0.39 is 9.84 Å². The van der Waals surface area contributed by atoms with Crippen molar-refractivity contribution in [1.29, 1.82) is 0 Å². The van der Waals surface area contributed by atoms with Gasteiger partial charge in [0.2, 0.25) is 0 Å². The van der Waals surface area contributed by atoms with Gasteiger partial charge in [-0.15, -0.1) is 0 Å². The zero-order valence-electron chi connectivity index (χ0n) is 10.6. The van der Waals surface area contributed by atoms with Crippen LogP contribution in [0.25, 0.3) is 0 Å². The topological polar surface area (TPSA) is 64.0 Å². The van der Waals surface area contributed by atoms with Gasteiger partial charge in [0.05, 0.1) is 27.4 Å². The Morgan fingerprint density at radius 3 is 2.67 bits per heavy atom. The van der Waals surface area contributed by atoms with Crippen LogP contribution in [0.3, 0.4) is 0 Å². The van der Waals surface area contributed by atoms with Crippen molar-refractivity contribution < 1.29 is 8.42 Å². The zero-order chi connectivity index (χ0) is 13.3. The van der Waals surface area contributed by atoms with Crippen molar-refractivity contribution in [1.82, 2.24) is 15.1 Å². The smallest absolute Gasteiger partial charge is 0.156 e. The first-order chi connectivity index (χ1) is 8.43. The molecule has 0 unspecified atom stereocenters. The Morgan fingerprint density at radius 1 is 1.50 bits per heavy atom. The van der Waals surface area contributed by atoms with Gasteiger partial charge >= 0.3 is 0 Å². The summed E-state index contributed by atoms with van der Waals surface area (Å²) in [6.07, 6.45) is 0. The first-order valence-corrected chi connectivity index (χ1v) is 8.67. The number of hydrogen-bond donors (Lipinski definition) is 1. The van der Waals surface area contributed by atoms with E-state index in [1.54, 1.807) is 4.68 Å². The molecule has 0 aromatic carbocycles. The standard InChI is InChI=1S/C11H18BrN3O2S/c1-3-15-10(11(12)8(2)14-15)7-18(16,17)6-9-4-13-5-9/h9,13H,3-7H2,1-2H3. The highest BCUT2D eigenvalue weighted by molar-refractivity contribution is 9.10. The van der Waals surface area contributed by atoms with Crippen LogP contribution in [0.15, 0.2) is 4.47 Å². The molecule has 1 N–H and O–H groups in total. The fourth-order valence-electron chi connectivity index (χ4n) is 2.10. The number of nitrogens with one attached hydrogen (secondary N) is 1. The number of aryl methyl sites for hydroxylation is 2. The third-order valence-electron chi connectivity index (χ3n) is 3.17. The molecule has 0 atom stereocenters. The van der Waals surface area contributed by atoms with Gasteiger partial charge in [-0.2, -0.15) is 5.10 Å². The Bertz CT molecular complexity index is 535. The summed E-state index contributed by atoms with van der Waals surface area (Å²) >= 11 is 3.43. The van der Waals surface area contributed by atoms with Gasteiger partial charge in [0, 0.05) is 19.6 Å². The lowest BCUT2D eigenvalue weighted by Gasteiger charge is -2.26. The van der Waals surface area contributed by atoms with Gasteiger partial charge in [0.1, 0.15) is 0 Å². The van der Waals surface area contributed by atoms with Crippen molar-refractivity contribution >= 4 is 25.8 Å². The lowest BCUT2D eigenvalue weighted by molar-refractivity contribution is 0.378. The summed E-state index contributed by atoms with van der Waals surface area (Å²) in [4.78, 5) is 0. The van der Waals surface area contributed by atoms with Gasteiger partial charge in [-0.3, -0.25) is 4.68 Å². The van der Waals surface area contributed by atoms with Crippen LogP contribution >= 0.6 is 15.9 Å². The Morgan fingerprint density at radius 2 is 2.17 bits per heavy atom. The molecule has 0 spiro atoms. The minimum Gasteiger partial charge on any atom is -0.316 e. The van der Waals surface area contributed by atoms with Crippen molar-refractivity contribution in [2.24, 2.45) is 5.92 Å². The summed E-state index contributed by atoms with van der Waals surface area (Å²) < 4.78 is 26.9. The number of nitrogens with zero attached hydrogens (tertiary/aromatic N) is 2. The minimum atomic E-state index is -3.07. The Balaban J connectivity index is 2.17. The third-order valence-corrected chi connectivity index (χ3v) is 5.89. The monoisotopic (exact) mass is 335 g/mol. The molecule has 0 bridgehead atoms. The molecular formula is C11H18BrN3O2S. The molecule has 2 rings (SSSR count). The second kappa shape index (κ2) is 5.30. The van der Waals surface area contributed by atoms with E-state index in [0.29, 0.717) is 6.54 Å². The molecule has 1 aliphatic heterocycles. The van der Waals surface area contributed by atoms with Crippen LogP contribution < -0.4 is 5.32 Å².